The van der Waals surface area contributed by atoms with Crippen LogP contribution < -0.4 is 15.6 Å². The van der Waals surface area contributed by atoms with E-state index in [4.69, 9.17) is 16.3 Å². The molecule has 2 amide bonds. The molecule has 0 bridgehead atoms. The van der Waals surface area contributed by atoms with Gasteiger partial charge in [-0.1, -0.05) is 78.3 Å². The molecule has 0 atom stereocenters. The number of nitrogens with one attached hydrogen (secondary N) is 2. The lowest BCUT2D eigenvalue weighted by Crippen LogP contribution is -2.44. The third-order valence-corrected chi connectivity index (χ3v) is 4.24. The lowest BCUT2D eigenvalue weighted by atomic mass is 10.1. The molecule has 0 aliphatic heterocycles. The normalized spacial score (nSPS) is 10.2. The number of hydrogen-bond donors (Lipinski definition) is 2. The topological polar surface area (TPSA) is 67.4 Å². The number of halogens is 1. The van der Waals surface area contributed by atoms with Crippen LogP contribution in [0.2, 0.25) is 5.02 Å². The Hall–Kier alpha value is -3.31. The van der Waals surface area contributed by atoms with Gasteiger partial charge in [-0.15, -0.1) is 0 Å². The maximum absolute atomic E-state index is 11.9. The third-order valence-electron chi connectivity index (χ3n) is 3.95. The van der Waals surface area contributed by atoms with Gasteiger partial charge in [-0.2, -0.15) is 0 Å². The van der Waals surface area contributed by atoms with Gasteiger partial charge in [0.05, 0.1) is 11.4 Å². The van der Waals surface area contributed by atoms with Crippen molar-refractivity contribution >= 4 is 23.4 Å². The minimum absolute atomic E-state index is 0.175. The first-order chi connectivity index (χ1) is 13.6. The van der Waals surface area contributed by atoms with E-state index in [1.165, 1.54) is 0 Å². The second-order valence-electron chi connectivity index (χ2n) is 6.06. The van der Waals surface area contributed by atoms with Gasteiger partial charge in [-0.3, -0.25) is 20.4 Å². The van der Waals surface area contributed by atoms with Crippen LogP contribution in [-0.2, 0) is 16.0 Å². The number of benzene rings is 3. The van der Waals surface area contributed by atoms with Crippen LogP contribution in [0.15, 0.2) is 78.9 Å². The zero-order chi connectivity index (χ0) is 19.8. The largest absolute Gasteiger partial charge is 0.482 e. The van der Waals surface area contributed by atoms with E-state index in [-0.39, 0.29) is 18.9 Å². The van der Waals surface area contributed by atoms with Crippen molar-refractivity contribution in [3.63, 3.8) is 0 Å². The molecule has 0 saturated heterocycles. The van der Waals surface area contributed by atoms with Gasteiger partial charge < -0.3 is 4.74 Å². The summed E-state index contributed by atoms with van der Waals surface area (Å²) in [6, 6.07) is 24.4. The zero-order valence-corrected chi connectivity index (χ0v) is 15.8. The molecule has 5 nitrogen and oxygen atoms in total. The molecular formula is C22H19ClN2O3. The van der Waals surface area contributed by atoms with Gasteiger partial charge in [0.15, 0.2) is 6.61 Å². The standard InChI is InChI=1S/C22H19ClN2O3/c23-19-14-18(17-9-5-2-6-10-17)11-12-20(19)28-15-22(27)25-24-21(26)13-16-7-3-1-4-8-16/h1-12,14H,13,15H2,(H,24,26)(H,25,27). The van der Waals surface area contributed by atoms with Crippen molar-refractivity contribution in [2.75, 3.05) is 6.61 Å². The van der Waals surface area contributed by atoms with E-state index in [1.807, 2.05) is 66.7 Å². The average Bonchev–Trinajstić information content (AvgIpc) is 2.72. The number of hydrazine groups is 1. The highest BCUT2D eigenvalue weighted by atomic mass is 35.5. The maximum atomic E-state index is 11.9. The van der Waals surface area contributed by atoms with E-state index in [2.05, 4.69) is 10.9 Å². The molecule has 0 radical (unpaired) electrons. The van der Waals surface area contributed by atoms with Crippen LogP contribution in [0.1, 0.15) is 5.56 Å². The van der Waals surface area contributed by atoms with E-state index in [0.717, 1.165) is 16.7 Å². The van der Waals surface area contributed by atoms with E-state index in [1.54, 1.807) is 12.1 Å². The summed E-state index contributed by atoms with van der Waals surface area (Å²) in [4.78, 5) is 23.7. The molecule has 2 N–H and O–H groups in total. The summed E-state index contributed by atoms with van der Waals surface area (Å²) in [5.74, 6) is -0.401. The molecule has 3 aromatic carbocycles. The van der Waals surface area contributed by atoms with Crippen molar-refractivity contribution < 1.29 is 14.3 Å². The maximum Gasteiger partial charge on any atom is 0.276 e. The van der Waals surface area contributed by atoms with Crippen LogP contribution in [0.25, 0.3) is 11.1 Å². The van der Waals surface area contributed by atoms with Crippen molar-refractivity contribution in [2.24, 2.45) is 0 Å². The summed E-state index contributed by atoms with van der Waals surface area (Å²) in [5, 5.41) is 0.405. The number of carbonyl (C=O) groups excluding carboxylic acids is 2. The predicted octanol–water partition coefficient (Wildman–Crippen LogP) is 3.78. The smallest absolute Gasteiger partial charge is 0.276 e. The molecule has 0 aliphatic rings. The van der Waals surface area contributed by atoms with E-state index in [9.17, 15) is 9.59 Å². The summed E-state index contributed by atoms with van der Waals surface area (Å²) in [7, 11) is 0. The first-order valence-corrected chi connectivity index (χ1v) is 9.09. The summed E-state index contributed by atoms with van der Waals surface area (Å²) >= 11 is 6.25. The minimum atomic E-state index is -0.482. The van der Waals surface area contributed by atoms with Crippen LogP contribution in [0.5, 0.6) is 5.75 Å². The molecule has 0 unspecified atom stereocenters. The number of ether oxygens (including phenoxy) is 1. The van der Waals surface area contributed by atoms with Gasteiger partial charge in [0.25, 0.3) is 5.91 Å². The minimum Gasteiger partial charge on any atom is -0.482 e. The second-order valence-corrected chi connectivity index (χ2v) is 6.47. The zero-order valence-electron chi connectivity index (χ0n) is 15.0. The van der Waals surface area contributed by atoms with E-state index >= 15 is 0 Å². The molecule has 0 fully saturated rings. The van der Waals surface area contributed by atoms with Gasteiger partial charge in [0, 0.05) is 0 Å². The van der Waals surface area contributed by atoms with Crippen molar-refractivity contribution in [1.29, 1.82) is 0 Å². The Morgan fingerprint density at radius 3 is 2.11 bits per heavy atom. The third kappa shape index (κ3) is 5.59. The molecule has 142 valence electrons. The Morgan fingerprint density at radius 1 is 0.786 bits per heavy atom. The lowest BCUT2D eigenvalue weighted by molar-refractivity contribution is -0.129. The molecular weight excluding hydrogens is 376 g/mol. The van der Waals surface area contributed by atoms with Gasteiger partial charge in [-0.25, -0.2) is 0 Å². The Morgan fingerprint density at radius 2 is 1.43 bits per heavy atom. The summed E-state index contributed by atoms with van der Waals surface area (Å²) in [5.41, 5.74) is 7.53. The Balaban J connectivity index is 1.47. The number of carbonyl (C=O) groups is 2. The summed E-state index contributed by atoms with van der Waals surface area (Å²) in [6.07, 6.45) is 0.175. The fraction of sp³-hybridized carbons (Fsp3) is 0.0909. The Labute approximate surface area is 168 Å². The quantitative estimate of drug-likeness (QED) is 0.625. The molecule has 0 aromatic heterocycles. The van der Waals surface area contributed by atoms with Crippen molar-refractivity contribution in [1.82, 2.24) is 10.9 Å². The SMILES string of the molecule is O=C(COc1ccc(-c2ccccc2)cc1Cl)NNC(=O)Cc1ccccc1. The predicted molar refractivity (Wildman–Crippen MR) is 109 cm³/mol. The lowest BCUT2D eigenvalue weighted by Gasteiger charge is -2.11. The van der Waals surface area contributed by atoms with Gasteiger partial charge in [0.1, 0.15) is 5.75 Å². The van der Waals surface area contributed by atoms with Crippen molar-refractivity contribution in [2.45, 2.75) is 6.42 Å². The Bertz CT molecular complexity index is 947. The average molecular weight is 395 g/mol. The van der Waals surface area contributed by atoms with E-state index in [0.29, 0.717) is 10.8 Å². The van der Waals surface area contributed by atoms with Crippen LogP contribution in [-0.4, -0.2) is 18.4 Å². The fourth-order valence-electron chi connectivity index (χ4n) is 2.57. The number of hydrogen-bond acceptors (Lipinski definition) is 3. The highest BCUT2D eigenvalue weighted by Crippen LogP contribution is 2.30. The van der Waals surface area contributed by atoms with Gasteiger partial charge in [-0.05, 0) is 28.8 Å². The van der Waals surface area contributed by atoms with Crippen LogP contribution in [0.3, 0.4) is 0 Å². The van der Waals surface area contributed by atoms with Gasteiger partial charge in [0.2, 0.25) is 5.91 Å². The van der Waals surface area contributed by atoms with Crippen molar-refractivity contribution in [3.8, 4) is 16.9 Å². The first-order valence-electron chi connectivity index (χ1n) is 8.71. The summed E-state index contributed by atoms with van der Waals surface area (Å²) in [6.45, 7) is -0.268. The first kappa shape index (κ1) is 19.5. The van der Waals surface area contributed by atoms with Gasteiger partial charge >= 0.3 is 0 Å². The Kier molecular flexibility index (Phi) is 6.65. The van der Waals surface area contributed by atoms with Crippen LogP contribution >= 0.6 is 11.6 Å². The molecule has 6 heteroatoms. The van der Waals surface area contributed by atoms with Crippen LogP contribution in [0, 0.1) is 0 Å². The molecule has 0 spiro atoms. The highest BCUT2D eigenvalue weighted by molar-refractivity contribution is 6.32. The van der Waals surface area contributed by atoms with Crippen molar-refractivity contribution in [3.05, 3.63) is 89.4 Å². The van der Waals surface area contributed by atoms with E-state index < -0.39 is 5.91 Å². The second kappa shape index (κ2) is 9.58. The molecule has 28 heavy (non-hydrogen) atoms. The summed E-state index contributed by atoms with van der Waals surface area (Å²) < 4.78 is 5.44. The van der Waals surface area contributed by atoms with Crippen LogP contribution in [0.4, 0.5) is 0 Å². The number of rotatable bonds is 6. The fourth-order valence-corrected chi connectivity index (χ4v) is 2.81. The molecule has 3 rings (SSSR count). The molecule has 0 aliphatic carbocycles. The highest BCUT2D eigenvalue weighted by Gasteiger charge is 2.09. The molecule has 3 aromatic rings. The molecule has 0 heterocycles. The molecule has 0 saturated carbocycles. The number of amides is 2. The monoisotopic (exact) mass is 394 g/mol.